The predicted octanol–water partition coefficient (Wildman–Crippen LogP) is 2.07. The Kier molecular flexibility index (Phi) is 11.8. The lowest BCUT2D eigenvalue weighted by Gasteiger charge is -2.36. The molecule has 5 rings (SSSR count). The number of nitrogens with two attached hydrogens (primary N) is 1. The number of ether oxygens (including phenoxy) is 2. The number of nitrogens with zero attached hydrogens (tertiary/aromatic N) is 3. The van der Waals surface area contributed by atoms with Gasteiger partial charge in [-0.05, 0) is 33.7 Å². The van der Waals surface area contributed by atoms with Crippen molar-refractivity contribution in [3.63, 3.8) is 0 Å². The van der Waals surface area contributed by atoms with E-state index < -0.39 is 48.4 Å². The van der Waals surface area contributed by atoms with Crippen LogP contribution in [0.1, 0.15) is 23.2 Å². The van der Waals surface area contributed by atoms with Gasteiger partial charge in [0.05, 0.1) is 30.7 Å². The molecule has 0 saturated carbocycles. The number of nitriles is 1. The Morgan fingerprint density at radius 3 is 2.30 bits per heavy atom. The van der Waals surface area contributed by atoms with Gasteiger partial charge >= 0.3 is 23.8 Å². The molecule has 2 aliphatic rings. The van der Waals surface area contributed by atoms with E-state index in [1.807, 2.05) is 6.07 Å². The molecule has 4 unspecified atom stereocenters. The van der Waals surface area contributed by atoms with Crippen molar-refractivity contribution in [3.8, 4) is 34.2 Å². The Balaban J connectivity index is 0.000000360. The number of carboxylic acid groups (broad SMARTS) is 2. The maximum absolute atomic E-state index is 11.2. The first kappa shape index (κ1) is 37.0. The topological polar surface area (TPSA) is 245 Å². The zero-order chi connectivity index (χ0) is 35.3. The summed E-state index contributed by atoms with van der Waals surface area (Å²) in [5.74, 6) is -4.44. The van der Waals surface area contributed by atoms with Crippen molar-refractivity contribution in [2.45, 2.75) is 55.7 Å². The van der Waals surface area contributed by atoms with Gasteiger partial charge in [-0.25, -0.2) is 14.6 Å². The van der Waals surface area contributed by atoms with Crippen molar-refractivity contribution >= 4 is 27.0 Å². The summed E-state index contributed by atoms with van der Waals surface area (Å²) < 4.78 is 65.8. The van der Waals surface area contributed by atoms with E-state index in [9.17, 15) is 47.3 Å². The fraction of sp³-hybridized carbons (Fsp3) is 0.370. The lowest BCUT2D eigenvalue weighted by atomic mass is 9.85. The number of rotatable bonds is 5. The Morgan fingerprint density at radius 1 is 1.13 bits per heavy atom. The van der Waals surface area contributed by atoms with Crippen LogP contribution in [0, 0.1) is 11.3 Å². The van der Waals surface area contributed by atoms with Crippen LogP contribution in [-0.4, -0.2) is 95.7 Å². The number of H-pyrrole nitrogens is 1. The van der Waals surface area contributed by atoms with Gasteiger partial charge < -0.3 is 40.7 Å². The van der Waals surface area contributed by atoms with E-state index in [2.05, 4.69) is 21.3 Å². The zero-order valence-electron chi connectivity index (χ0n) is 23.8. The summed E-state index contributed by atoms with van der Waals surface area (Å²) in [5, 5.41) is 61.7. The van der Waals surface area contributed by atoms with E-state index in [0.717, 1.165) is 26.1 Å². The number of benzene rings is 1. The molecule has 0 amide bonds. The van der Waals surface area contributed by atoms with Gasteiger partial charge in [-0.1, -0.05) is 18.2 Å². The number of carbonyl (C=O) groups is 2. The first-order chi connectivity index (χ1) is 21.9. The van der Waals surface area contributed by atoms with Gasteiger partial charge in [0.2, 0.25) is 6.29 Å². The number of aliphatic carboxylic acids is 2. The first-order valence-corrected chi connectivity index (χ1v) is 13.8. The average molecular weight is 692 g/mol. The van der Waals surface area contributed by atoms with Crippen molar-refractivity contribution in [2.24, 2.45) is 0 Å². The lowest BCUT2D eigenvalue weighted by molar-refractivity contribution is -0.240. The summed E-state index contributed by atoms with van der Waals surface area (Å²) in [4.78, 5) is 22.6. The number of fused-ring (bicyclic) bond motifs is 3. The molecule has 1 aromatic carbocycles. The number of para-hydroxylation sites is 1. The third kappa shape index (κ3) is 8.87. The lowest BCUT2D eigenvalue weighted by Crippen LogP contribution is -2.51. The minimum atomic E-state index is -5.08. The van der Waals surface area contributed by atoms with Crippen molar-refractivity contribution in [2.75, 3.05) is 12.3 Å². The van der Waals surface area contributed by atoms with Crippen LogP contribution in [0.3, 0.4) is 0 Å². The third-order valence-corrected chi connectivity index (χ3v) is 6.92. The second-order valence-electron chi connectivity index (χ2n) is 9.90. The van der Waals surface area contributed by atoms with Gasteiger partial charge in [0.15, 0.2) is 0 Å². The number of aromatic amines is 1. The Labute approximate surface area is 263 Å². The van der Waals surface area contributed by atoms with Gasteiger partial charge in [-0.15, -0.1) is 0 Å². The maximum atomic E-state index is 11.2. The number of anilines is 1. The number of carboxylic acids is 2. The van der Waals surface area contributed by atoms with Crippen LogP contribution in [-0.2, 0) is 27.2 Å². The molecule has 3 aromatic rings. The van der Waals surface area contributed by atoms with Crippen molar-refractivity contribution in [1.29, 1.82) is 5.26 Å². The molecule has 20 heteroatoms. The maximum Gasteiger partial charge on any atom is 0.490 e. The summed E-state index contributed by atoms with van der Waals surface area (Å²) in [6.07, 6.45) is -6.26. The quantitative estimate of drug-likeness (QED) is 0.150. The molecule has 1 fully saturated rings. The number of aromatic nitrogens is 3. The number of aryl methyl sites for hydroxylation is 1. The molecule has 0 bridgehead atoms. The number of alkyl halides is 5. The van der Waals surface area contributed by atoms with Crippen LogP contribution in [0.4, 0.5) is 27.8 Å². The van der Waals surface area contributed by atoms with Crippen LogP contribution in [0.25, 0.3) is 22.4 Å². The SMILES string of the molecule is N#Cc1c(N)nc2c(c1-c1ccccc1OC1OC(CO)CC(O)[C@H]1O)CCc1[nH]ncc1-2.O=C(O)C(F)(F)F.O=C(O)C(F)(F)P. The normalized spacial score (nSPS) is 20.2. The molecule has 8 N–H and O–H groups in total. The summed E-state index contributed by atoms with van der Waals surface area (Å²) >= 11 is 0. The van der Waals surface area contributed by atoms with Gasteiger partial charge in [0.1, 0.15) is 29.3 Å². The summed E-state index contributed by atoms with van der Waals surface area (Å²) in [7, 11) is 0.898. The highest BCUT2D eigenvalue weighted by Gasteiger charge is 2.39. The third-order valence-electron chi connectivity index (χ3n) is 6.67. The van der Waals surface area contributed by atoms with Gasteiger partial charge in [-0.2, -0.15) is 32.3 Å². The van der Waals surface area contributed by atoms with Crippen LogP contribution >= 0.6 is 9.24 Å². The largest absolute Gasteiger partial charge is 0.490 e. The van der Waals surface area contributed by atoms with E-state index >= 15 is 0 Å². The molecular formula is C27H27F5N5O9P. The van der Waals surface area contributed by atoms with Gasteiger partial charge in [-0.3, -0.25) is 5.10 Å². The molecule has 47 heavy (non-hydrogen) atoms. The van der Waals surface area contributed by atoms with Gasteiger partial charge in [0, 0.05) is 28.8 Å². The highest BCUT2D eigenvalue weighted by atomic mass is 31.0. The van der Waals surface area contributed by atoms with Crippen LogP contribution < -0.4 is 10.5 Å². The number of aliphatic hydroxyl groups excluding tert-OH is 3. The minimum Gasteiger partial charge on any atom is -0.477 e. The van der Waals surface area contributed by atoms with E-state index in [1.54, 1.807) is 24.4 Å². The standard InChI is InChI=1S/C23H23N5O5.C2HF3O2.C2H3F2O2P/c24-8-14-19(13-5-6-16-15(9-26-28-16)20(13)27-22(14)25)12-3-1-2-4-18(12)33-23-21(31)17(30)7-11(10-29)32-23;3-2(4,5)1(6)7;3-2(4,7)1(5)6/h1-4,9,11,17,21,23,29-31H,5-7,10H2,(H2,25,27)(H,26,28);(H,6,7);7H2,(H,5,6)/t11?,17?,21-,23?;;/m1../s1. The molecular weight excluding hydrogens is 664 g/mol. The molecule has 1 aliphatic carbocycles. The minimum absolute atomic E-state index is 0.0964. The molecule has 0 radical (unpaired) electrons. The monoisotopic (exact) mass is 691 g/mol. The van der Waals surface area contributed by atoms with Gasteiger partial charge in [0.25, 0.3) is 0 Å². The highest BCUT2D eigenvalue weighted by Crippen LogP contribution is 2.43. The van der Waals surface area contributed by atoms with Crippen LogP contribution in [0.15, 0.2) is 30.5 Å². The van der Waals surface area contributed by atoms with Crippen molar-refractivity contribution in [1.82, 2.24) is 15.2 Å². The molecule has 2 aromatic heterocycles. The number of aliphatic hydroxyl groups is 3. The number of hydrogen-bond donors (Lipinski definition) is 7. The fourth-order valence-corrected chi connectivity index (χ4v) is 4.51. The average Bonchev–Trinajstić information content (AvgIpc) is 3.48. The summed E-state index contributed by atoms with van der Waals surface area (Å²) in [6, 6.07) is 9.22. The predicted molar refractivity (Wildman–Crippen MR) is 153 cm³/mol. The molecule has 5 atom stereocenters. The second-order valence-corrected chi connectivity index (χ2v) is 10.6. The molecule has 0 spiro atoms. The molecule has 14 nitrogen and oxygen atoms in total. The number of hydrogen-bond acceptors (Lipinski definition) is 11. The fourth-order valence-electron chi connectivity index (χ4n) is 4.51. The number of pyridine rings is 1. The van der Waals surface area contributed by atoms with E-state index in [4.69, 9.17) is 30.2 Å². The molecule has 1 saturated heterocycles. The molecule has 254 valence electrons. The Morgan fingerprint density at radius 2 is 1.74 bits per heavy atom. The number of nitrogen functional groups attached to an aromatic ring is 1. The van der Waals surface area contributed by atoms with E-state index in [-0.39, 0.29) is 24.4 Å². The summed E-state index contributed by atoms with van der Waals surface area (Å²) in [5.41, 5.74) is 7.26. The first-order valence-electron chi connectivity index (χ1n) is 13.2. The molecule has 3 heterocycles. The van der Waals surface area contributed by atoms with Crippen LogP contribution in [0.2, 0.25) is 0 Å². The second kappa shape index (κ2) is 15.0. The summed E-state index contributed by atoms with van der Waals surface area (Å²) in [6.45, 7) is -0.314. The Hall–Kier alpha value is -4.47. The van der Waals surface area contributed by atoms with E-state index in [0.29, 0.717) is 35.4 Å². The Bertz CT molecular complexity index is 1620. The highest BCUT2D eigenvalue weighted by molar-refractivity contribution is 7.20. The molecule has 1 aliphatic heterocycles. The zero-order valence-corrected chi connectivity index (χ0v) is 24.9. The number of nitrogens with one attached hydrogen (secondary N) is 1. The van der Waals surface area contributed by atoms with Crippen molar-refractivity contribution < 1.29 is 66.5 Å². The van der Waals surface area contributed by atoms with Crippen LogP contribution in [0.5, 0.6) is 5.75 Å². The van der Waals surface area contributed by atoms with E-state index in [1.165, 1.54) is 0 Å². The smallest absolute Gasteiger partial charge is 0.477 e. The number of halogens is 5. The van der Waals surface area contributed by atoms with Crippen molar-refractivity contribution in [3.05, 3.63) is 47.3 Å².